The molecule has 3 N–H and O–H groups in total. The number of ether oxygens (including phenoxy) is 1. The Morgan fingerprint density at radius 1 is 1.07 bits per heavy atom. The van der Waals surface area contributed by atoms with Crippen molar-refractivity contribution < 1.29 is 9.53 Å². The number of rotatable bonds is 11. The van der Waals surface area contributed by atoms with Gasteiger partial charge in [0.05, 0.1) is 6.61 Å². The molecule has 2 aromatic carbocycles. The van der Waals surface area contributed by atoms with Crippen molar-refractivity contribution in [1.82, 2.24) is 20.8 Å². The smallest absolute Gasteiger partial charge is 0.269 e. The van der Waals surface area contributed by atoms with E-state index in [2.05, 4.69) is 75.6 Å². The zero-order chi connectivity index (χ0) is 21.2. The SMILES string of the molecule is CCOc1cc(C(=O)NCCc2ccc(CNCc3cccc(SC)c3)cc2)[nH]n1. The number of carbonyl (C=O) groups is 1. The van der Waals surface area contributed by atoms with Crippen LogP contribution >= 0.6 is 11.8 Å². The van der Waals surface area contributed by atoms with E-state index in [-0.39, 0.29) is 5.91 Å². The molecule has 0 unspecified atom stereocenters. The van der Waals surface area contributed by atoms with Crippen molar-refractivity contribution in [2.75, 3.05) is 19.4 Å². The summed E-state index contributed by atoms with van der Waals surface area (Å²) in [6.45, 7) is 4.62. The molecule has 0 saturated heterocycles. The van der Waals surface area contributed by atoms with Crippen molar-refractivity contribution in [3.63, 3.8) is 0 Å². The molecular weight excluding hydrogens is 396 g/mol. The van der Waals surface area contributed by atoms with Gasteiger partial charge in [-0.25, -0.2) is 0 Å². The van der Waals surface area contributed by atoms with Gasteiger partial charge in [0, 0.05) is 30.6 Å². The Kier molecular flexibility index (Phi) is 8.35. The number of carbonyl (C=O) groups excluding carboxylic acids is 1. The standard InChI is InChI=1S/C23H28N4O2S/c1-3-29-22-14-21(26-27-22)23(28)25-12-11-17-7-9-18(10-8-17)15-24-16-19-5-4-6-20(13-19)30-2/h4-10,13-14,24H,3,11-12,15-16H2,1-2H3,(H,25,28)(H,26,27). The van der Waals surface area contributed by atoms with E-state index < -0.39 is 0 Å². The summed E-state index contributed by atoms with van der Waals surface area (Å²) in [7, 11) is 0. The first-order valence-corrected chi connectivity index (χ1v) is 11.3. The van der Waals surface area contributed by atoms with Crippen LogP contribution in [0.15, 0.2) is 59.5 Å². The lowest BCUT2D eigenvalue weighted by atomic mass is 10.1. The molecule has 0 fully saturated rings. The summed E-state index contributed by atoms with van der Waals surface area (Å²) in [4.78, 5) is 13.4. The van der Waals surface area contributed by atoms with Gasteiger partial charge in [0.2, 0.25) is 5.88 Å². The first-order chi connectivity index (χ1) is 14.7. The second kappa shape index (κ2) is 11.4. The number of amides is 1. The zero-order valence-corrected chi connectivity index (χ0v) is 18.2. The van der Waals surface area contributed by atoms with Crippen LogP contribution in [0.1, 0.15) is 34.1 Å². The fourth-order valence-corrected chi connectivity index (χ4v) is 3.50. The molecule has 30 heavy (non-hydrogen) atoms. The summed E-state index contributed by atoms with van der Waals surface area (Å²) in [6.07, 6.45) is 2.86. The van der Waals surface area contributed by atoms with E-state index in [1.165, 1.54) is 21.6 Å². The molecule has 3 aromatic rings. The number of nitrogens with zero attached hydrogens (tertiary/aromatic N) is 1. The van der Waals surface area contributed by atoms with Gasteiger partial charge in [-0.3, -0.25) is 9.89 Å². The van der Waals surface area contributed by atoms with Crippen LogP contribution in [0.25, 0.3) is 0 Å². The van der Waals surface area contributed by atoms with Gasteiger partial charge in [0.15, 0.2) is 0 Å². The average Bonchev–Trinajstić information content (AvgIpc) is 3.24. The normalized spacial score (nSPS) is 10.7. The Labute approximate surface area is 181 Å². The van der Waals surface area contributed by atoms with E-state index in [0.29, 0.717) is 24.7 Å². The fourth-order valence-electron chi connectivity index (χ4n) is 3.01. The summed E-state index contributed by atoms with van der Waals surface area (Å²) >= 11 is 1.76. The first kappa shape index (κ1) is 21.9. The van der Waals surface area contributed by atoms with Crippen LogP contribution in [0.2, 0.25) is 0 Å². The van der Waals surface area contributed by atoms with Gasteiger partial charge in [-0.1, -0.05) is 36.4 Å². The molecule has 3 rings (SSSR count). The monoisotopic (exact) mass is 424 g/mol. The molecule has 0 atom stereocenters. The number of aromatic amines is 1. The molecule has 158 valence electrons. The molecule has 0 saturated carbocycles. The lowest BCUT2D eigenvalue weighted by Gasteiger charge is -2.08. The molecule has 0 spiro atoms. The molecule has 0 aliphatic carbocycles. The summed E-state index contributed by atoms with van der Waals surface area (Å²) in [5.41, 5.74) is 4.12. The van der Waals surface area contributed by atoms with E-state index in [9.17, 15) is 4.79 Å². The van der Waals surface area contributed by atoms with Crippen molar-refractivity contribution in [1.29, 1.82) is 0 Å². The Morgan fingerprint density at radius 2 is 1.83 bits per heavy atom. The van der Waals surface area contributed by atoms with Gasteiger partial charge in [-0.15, -0.1) is 16.9 Å². The quantitative estimate of drug-likeness (QED) is 0.408. The summed E-state index contributed by atoms with van der Waals surface area (Å²) < 4.78 is 5.26. The van der Waals surface area contributed by atoms with Crippen molar-refractivity contribution in [2.45, 2.75) is 31.3 Å². The number of hydrogen-bond donors (Lipinski definition) is 3. The first-order valence-electron chi connectivity index (χ1n) is 10.1. The van der Waals surface area contributed by atoms with E-state index in [4.69, 9.17) is 4.74 Å². The van der Waals surface area contributed by atoms with Gasteiger partial charge in [-0.2, -0.15) is 0 Å². The highest BCUT2D eigenvalue weighted by Crippen LogP contribution is 2.16. The maximum Gasteiger partial charge on any atom is 0.269 e. The van der Waals surface area contributed by atoms with Crippen molar-refractivity contribution in [3.8, 4) is 5.88 Å². The van der Waals surface area contributed by atoms with Crippen molar-refractivity contribution >= 4 is 17.7 Å². The molecule has 1 aromatic heterocycles. The molecule has 6 nitrogen and oxygen atoms in total. The van der Waals surface area contributed by atoms with Crippen LogP contribution in [-0.2, 0) is 19.5 Å². The summed E-state index contributed by atoms with van der Waals surface area (Å²) in [6, 6.07) is 18.7. The highest BCUT2D eigenvalue weighted by Gasteiger charge is 2.09. The van der Waals surface area contributed by atoms with E-state index in [0.717, 1.165) is 19.5 Å². The van der Waals surface area contributed by atoms with E-state index in [1.807, 2.05) is 6.92 Å². The van der Waals surface area contributed by atoms with Crippen molar-refractivity contribution in [3.05, 3.63) is 77.0 Å². The molecule has 7 heteroatoms. The lowest BCUT2D eigenvalue weighted by Crippen LogP contribution is -2.26. The molecule has 0 aliphatic rings. The predicted octanol–water partition coefficient (Wildman–Crippen LogP) is 3.79. The summed E-state index contributed by atoms with van der Waals surface area (Å²) in [5.74, 6) is 0.253. The maximum atomic E-state index is 12.1. The minimum atomic E-state index is -0.181. The molecular formula is C23H28N4O2S. The highest BCUT2D eigenvalue weighted by molar-refractivity contribution is 7.98. The number of nitrogens with one attached hydrogen (secondary N) is 3. The Bertz CT molecular complexity index is 940. The van der Waals surface area contributed by atoms with Gasteiger partial charge in [-0.05, 0) is 48.4 Å². The van der Waals surface area contributed by atoms with Gasteiger partial charge in [0.25, 0.3) is 5.91 Å². The third-order valence-electron chi connectivity index (χ3n) is 4.61. The topological polar surface area (TPSA) is 79.0 Å². The van der Waals surface area contributed by atoms with Crippen LogP contribution in [0.3, 0.4) is 0 Å². The number of thioether (sulfide) groups is 1. The Morgan fingerprint density at radius 3 is 2.60 bits per heavy atom. The molecule has 0 aliphatic heterocycles. The average molecular weight is 425 g/mol. The fraction of sp³-hybridized carbons (Fsp3) is 0.304. The van der Waals surface area contributed by atoms with Crippen molar-refractivity contribution in [2.24, 2.45) is 0 Å². The third-order valence-corrected chi connectivity index (χ3v) is 5.33. The van der Waals surface area contributed by atoms with Gasteiger partial charge >= 0.3 is 0 Å². The maximum absolute atomic E-state index is 12.1. The predicted molar refractivity (Wildman–Crippen MR) is 121 cm³/mol. The van der Waals surface area contributed by atoms with Crippen LogP contribution < -0.4 is 15.4 Å². The third kappa shape index (κ3) is 6.64. The minimum Gasteiger partial charge on any atom is -0.477 e. The van der Waals surface area contributed by atoms with Crippen LogP contribution in [0.4, 0.5) is 0 Å². The molecule has 1 heterocycles. The molecule has 0 bridgehead atoms. The Balaban J connectivity index is 1.39. The largest absolute Gasteiger partial charge is 0.477 e. The zero-order valence-electron chi connectivity index (χ0n) is 17.4. The number of hydrogen-bond acceptors (Lipinski definition) is 5. The number of benzene rings is 2. The number of H-pyrrole nitrogens is 1. The lowest BCUT2D eigenvalue weighted by molar-refractivity contribution is 0.0949. The van der Waals surface area contributed by atoms with Gasteiger partial charge < -0.3 is 15.4 Å². The van der Waals surface area contributed by atoms with Crippen LogP contribution in [0, 0.1) is 0 Å². The van der Waals surface area contributed by atoms with Gasteiger partial charge in [0.1, 0.15) is 5.69 Å². The summed E-state index contributed by atoms with van der Waals surface area (Å²) in [5, 5.41) is 13.0. The highest BCUT2D eigenvalue weighted by atomic mass is 32.2. The van der Waals surface area contributed by atoms with Crippen LogP contribution in [0.5, 0.6) is 5.88 Å². The van der Waals surface area contributed by atoms with E-state index >= 15 is 0 Å². The van der Waals surface area contributed by atoms with Crippen LogP contribution in [-0.4, -0.2) is 35.5 Å². The Hall–Kier alpha value is -2.77. The number of aromatic nitrogens is 2. The second-order valence-electron chi connectivity index (χ2n) is 6.83. The molecule has 1 amide bonds. The van der Waals surface area contributed by atoms with E-state index in [1.54, 1.807) is 17.8 Å². The second-order valence-corrected chi connectivity index (χ2v) is 7.71. The molecule has 0 radical (unpaired) electrons. The minimum absolute atomic E-state index is 0.181.